The van der Waals surface area contributed by atoms with E-state index in [1.54, 1.807) is 18.0 Å². The Hall–Kier alpha value is -1.26. The van der Waals surface area contributed by atoms with Gasteiger partial charge in [0, 0.05) is 12.3 Å². The molecule has 1 aromatic carbocycles. The second-order valence-corrected chi connectivity index (χ2v) is 8.34. The van der Waals surface area contributed by atoms with E-state index < -0.39 is 0 Å². The highest BCUT2D eigenvalue weighted by Gasteiger charge is 2.13. The lowest BCUT2D eigenvalue weighted by atomic mass is 9.87. The second-order valence-electron chi connectivity index (χ2n) is 6.94. The van der Waals surface area contributed by atoms with Gasteiger partial charge in [-0.1, -0.05) is 70.0 Å². The molecule has 3 nitrogen and oxygen atoms in total. The maximum Gasteiger partial charge on any atom is 0.286 e. The average Bonchev–Trinajstić information content (AvgIpc) is 2.55. The smallest absolute Gasteiger partial charge is 0.266 e. The maximum absolute atomic E-state index is 12.2. The summed E-state index contributed by atoms with van der Waals surface area (Å²) in [5.74, 6) is 0.768. The molecule has 2 aromatic rings. The fourth-order valence-corrected chi connectivity index (χ4v) is 3.44. The fraction of sp³-hybridized carbons (Fsp3) is 0.474. The van der Waals surface area contributed by atoms with E-state index >= 15 is 0 Å². The summed E-state index contributed by atoms with van der Waals surface area (Å²) in [5.41, 5.74) is 2.48. The first-order valence-corrected chi connectivity index (χ1v) is 9.67. The number of benzene rings is 1. The largest absolute Gasteiger partial charge is 0.286 e. The zero-order chi connectivity index (χ0) is 17.7. The molecule has 0 spiro atoms. The molecular formula is C19H25ClN2OS. The minimum atomic E-state index is -0.196. The van der Waals surface area contributed by atoms with Gasteiger partial charge in [0.2, 0.25) is 0 Å². The first-order chi connectivity index (χ1) is 11.3. The van der Waals surface area contributed by atoms with Crippen LogP contribution in [0.15, 0.2) is 40.2 Å². The number of nitrogens with zero attached hydrogens (tertiary/aromatic N) is 2. The van der Waals surface area contributed by atoms with Gasteiger partial charge in [-0.15, -0.1) is 11.8 Å². The fourth-order valence-electron chi connectivity index (χ4n) is 2.28. The van der Waals surface area contributed by atoms with Gasteiger partial charge < -0.3 is 0 Å². The van der Waals surface area contributed by atoms with Crippen LogP contribution in [0.2, 0.25) is 5.02 Å². The highest BCUT2D eigenvalue weighted by atomic mass is 35.5. The highest BCUT2D eigenvalue weighted by molar-refractivity contribution is 7.98. The van der Waals surface area contributed by atoms with Crippen molar-refractivity contribution in [2.75, 3.05) is 0 Å². The first kappa shape index (κ1) is 19.1. The van der Waals surface area contributed by atoms with Crippen LogP contribution in [0.3, 0.4) is 0 Å². The van der Waals surface area contributed by atoms with Crippen LogP contribution in [0, 0.1) is 0 Å². The summed E-state index contributed by atoms with van der Waals surface area (Å²) in [5, 5.41) is 4.51. The van der Waals surface area contributed by atoms with Crippen molar-refractivity contribution in [3.63, 3.8) is 0 Å². The molecule has 5 heteroatoms. The zero-order valence-corrected chi connectivity index (χ0v) is 16.4. The molecule has 0 aliphatic heterocycles. The lowest BCUT2D eigenvalue weighted by molar-refractivity contribution is 0.538. The highest BCUT2D eigenvalue weighted by Crippen LogP contribution is 2.28. The van der Waals surface area contributed by atoms with Gasteiger partial charge in [-0.05, 0) is 23.0 Å². The minimum absolute atomic E-state index is 0.155. The SMILES string of the molecule is CCCCn1ncc(SCc2ccc(C(C)(C)C)cc2)c(Cl)c1=O. The molecule has 0 radical (unpaired) electrons. The van der Waals surface area contributed by atoms with Crippen molar-refractivity contribution in [3.05, 3.63) is 57.0 Å². The van der Waals surface area contributed by atoms with Crippen LogP contribution in [-0.2, 0) is 17.7 Å². The van der Waals surface area contributed by atoms with Crippen molar-refractivity contribution in [2.24, 2.45) is 0 Å². The Morgan fingerprint density at radius 1 is 1.21 bits per heavy atom. The van der Waals surface area contributed by atoms with Crippen LogP contribution >= 0.6 is 23.4 Å². The number of thioether (sulfide) groups is 1. The molecule has 0 unspecified atom stereocenters. The third-order valence-electron chi connectivity index (χ3n) is 3.89. The van der Waals surface area contributed by atoms with E-state index in [1.807, 2.05) is 0 Å². The van der Waals surface area contributed by atoms with E-state index in [-0.39, 0.29) is 16.0 Å². The monoisotopic (exact) mass is 364 g/mol. The number of hydrogen-bond donors (Lipinski definition) is 0. The number of hydrogen-bond acceptors (Lipinski definition) is 3. The Morgan fingerprint density at radius 3 is 2.46 bits per heavy atom. The molecule has 0 saturated heterocycles. The van der Waals surface area contributed by atoms with Crippen molar-refractivity contribution in [3.8, 4) is 0 Å². The first-order valence-electron chi connectivity index (χ1n) is 8.30. The van der Waals surface area contributed by atoms with Crippen molar-refractivity contribution in [2.45, 2.75) is 63.1 Å². The quantitative estimate of drug-likeness (QED) is 0.653. The van der Waals surface area contributed by atoms with Crippen molar-refractivity contribution in [1.29, 1.82) is 0 Å². The standard InChI is InChI=1S/C19H25ClN2OS/c1-5-6-11-22-18(23)17(20)16(12-21-22)24-13-14-7-9-15(10-8-14)19(2,3)4/h7-10,12H,5-6,11,13H2,1-4H3. The molecule has 0 aliphatic rings. The zero-order valence-electron chi connectivity index (χ0n) is 14.8. The minimum Gasteiger partial charge on any atom is -0.266 e. The van der Waals surface area contributed by atoms with Crippen molar-refractivity contribution >= 4 is 23.4 Å². The Morgan fingerprint density at radius 2 is 1.88 bits per heavy atom. The van der Waals surface area contributed by atoms with Gasteiger partial charge in [-0.3, -0.25) is 4.79 Å². The molecule has 2 rings (SSSR count). The predicted octanol–water partition coefficient (Wildman–Crippen LogP) is 5.29. The Kier molecular flexibility index (Phi) is 6.53. The molecule has 0 N–H and O–H groups in total. The molecule has 24 heavy (non-hydrogen) atoms. The summed E-state index contributed by atoms with van der Waals surface area (Å²) in [6, 6.07) is 8.60. The number of halogens is 1. The van der Waals surface area contributed by atoms with E-state index in [0.717, 1.165) is 23.5 Å². The third-order valence-corrected chi connectivity index (χ3v) is 5.47. The van der Waals surface area contributed by atoms with Gasteiger partial charge in [0.25, 0.3) is 5.56 Å². The molecule has 1 heterocycles. The Bertz CT molecular complexity index is 733. The lowest BCUT2D eigenvalue weighted by Gasteiger charge is -2.19. The van der Waals surface area contributed by atoms with Gasteiger partial charge in [0.1, 0.15) is 5.02 Å². The molecule has 0 saturated carbocycles. The van der Waals surface area contributed by atoms with Gasteiger partial charge >= 0.3 is 0 Å². The second kappa shape index (κ2) is 8.21. The summed E-state index contributed by atoms with van der Waals surface area (Å²) in [6.45, 7) is 9.32. The van der Waals surface area contributed by atoms with E-state index in [4.69, 9.17) is 11.6 Å². The van der Waals surface area contributed by atoms with Gasteiger partial charge in [0.05, 0.1) is 11.1 Å². The molecule has 0 amide bonds. The Balaban J connectivity index is 2.07. The number of aryl methyl sites for hydroxylation is 1. The molecule has 0 atom stereocenters. The number of aromatic nitrogens is 2. The molecule has 0 bridgehead atoms. The third kappa shape index (κ3) is 4.87. The predicted molar refractivity (Wildman–Crippen MR) is 103 cm³/mol. The van der Waals surface area contributed by atoms with Crippen molar-refractivity contribution in [1.82, 2.24) is 9.78 Å². The van der Waals surface area contributed by atoms with Crippen molar-refractivity contribution < 1.29 is 0 Å². The molecular weight excluding hydrogens is 340 g/mol. The van der Waals surface area contributed by atoms with Crippen LogP contribution < -0.4 is 5.56 Å². The van der Waals surface area contributed by atoms with Crippen LogP contribution in [0.4, 0.5) is 0 Å². The maximum atomic E-state index is 12.2. The van der Waals surface area contributed by atoms with E-state index in [1.165, 1.54) is 15.8 Å². The summed E-state index contributed by atoms with van der Waals surface area (Å²) in [7, 11) is 0. The Labute approximate surface area is 153 Å². The average molecular weight is 365 g/mol. The summed E-state index contributed by atoms with van der Waals surface area (Å²) >= 11 is 7.79. The number of unbranched alkanes of at least 4 members (excludes halogenated alkanes) is 1. The molecule has 0 aliphatic carbocycles. The van der Waals surface area contributed by atoms with Crippen LogP contribution in [-0.4, -0.2) is 9.78 Å². The van der Waals surface area contributed by atoms with Gasteiger partial charge in [-0.25, -0.2) is 4.68 Å². The van der Waals surface area contributed by atoms with E-state index in [0.29, 0.717) is 6.54 Å². The molecule has 0 fully saturated rings. The van der Waals surface area contributed by atoms with Gasteiger partial charge in [0.15, 0.2) is 0 Å². The summed E-state index contributed by atoms with van der Waals surface area (Å²) < 4.78 is 1.45. The molecule has 130 valence electrons. The number of rotatable bonds is 6. The normalized spacial score (nSPS) is 11.7. The lowest BCUT2D eigenvalue weighted by Crippen LogP contribution is -2.23. The van der Waals surface area contributed by atoms with Crippen LogP contribution in [0.25, 0.3) is 0 Å². The summed E-state index contributed by atoms with van der Waals surface area (Å²) in [4.78, 5) is 13.0. The topological polar surface area (TPSA) is 34.9 Å². The van der Waals surface area contributed by atoms with Crippen LogP contribution in [0.1, 0.15) is 51.7 Å². The van der Waals surface area contributed by atoms with Gasteiger partial charge in [-0.2, -0.15) is 5.10 Å². The van der Waals surface area contributed by atoms with E-state index in [2.05, 4.69) is 57.1 Å². The molecule has 1 aromatic heterocycles. The van der Waals surface area contributed by atoms with Crippen LogP contribution in [0.5, 0.6) is 0 Å². The van der Waals surface area contributed by atoms with E-state index in [9.17, 15) is 4.79 Å². The summed E-state index contributed by atoms with van der Waals surface area (Å²) in [6.07, 6.45) is 3.65.